The van der Waals surface area contributed by atoms with E-state index in [1.54, 1.807) is 21.3 Å². The first kappa shape index (κ1) is 23.8. The molecule has 0 atom stereocenters. The summed E-state index contributed by atoms with van der Waals surface area (Å²) in [5.74, 6) is 0. The van der Waals surface area contributed by atoms with Crippen LogP contribution in [0.25, 0.3) is 0 Å². The van der Waals surface area contributed by atoms with Crippen molar-refractivity contribution < 1.29 is 30.0 Å². The number of unbranched alkanes of at least 4 members (excludes halogenated alkanes) is 13. The number of rotatable bonds is 18. The molecule has 0 spiro atoms. The van der Waals surface area contributed by atoms with Gasteiger partial charge in [-0.1, -0.05) is 26.2 Å². The summed E-state index contributed by atoms with van der Waals surface area (Å²) >= 11 is -3.08. The van der Waals surface area contributed by atoms with Crippen molar-refractivity contribution in [2.24, 2.45) is 0 Å². The van der Waals surface area contributed by atoms with Crippen molar-refractivity contribution in [3.63, 3.8) is 0 Å². The third-order valence-corrected chi connectivity index (χ3v) is 11.7. The Balaban J connectivity index is 3.25. The molecule has 0 unspecified atom stereocenters. The maximum absolute atomic E-state index is 5.52. The van der Waals surface area contributed by atoms with Crippen molar-refractivity contribution in [2.75, 3.05) is 21.3 Å². The molecule has 3 nitrogen and oxygen atoms in total. The standard InChI is InChI=1S/C16H33.3CH3O.Zr/c1-3-5-7-9-11-13-15-16-14-12-10-8-6-4-2;3*1-2;/h1,3-16H2,2H3;3*1H3;/q;3*-1;+3. The Kier molecular flexibility index (Phi) is 18.2. The second kappa shape index (κ2) is 17.6. The Bertz CT molecular complexity index is 224. The SMILES string of the molecule is CCCCCCCCCCCCCCC[CH2][Zr]([O]C)([O]C)[O]C. The van der Waals surface area contributed by atoms with E-state index in [0.717, 1.165) is 4.13 Å². The molecule has 0 fully saturated rings. The first-order valence-corrected chi connectivity index (χ1v) is 14.6. The van der Waals surface area contributed by atoms with E-state index in [2.05, 4.69) is 6.92 Å². The summed E-state index contributed by atoms with van der Waals surface area (Å²) in [6.45, 7) is 2.28. The van der Waals surface area contributed by atoms with E-state index in [1.165, 1.54) is 89.9 Å². The van der Waals surface area contributed by atoms with Gasteiger partial charge >= 0.3 is 126 Å². The van der Waals surface area contributed by atoms with Gasteiger partial charge in [0.15, 0.2) is 0 Å². The summed E-state index contributed by atoms with van der Waals surface area (Å²) in [5.41, 5.74) is 0. The van der Waals surface area contributed by atoms with Crippen LogP contribution in [0.4, 0.5) is 0 Å². The molecule has 0 aromatic carbocycles. The van der Waals surface area contributed by atoms with Gasteiger partial charge in [-0.15, -0.1) is 0 Å². The molecule has 0 radical (unpaired) electrons. The molecule has 0 aliphatic rings. The van der Waals surface area contributed by atoms with Gasteiger partial charge in [-0.05, 0) is 0 Å². The van der Waals surface area contributed by atoms with E-state index >= 15 is 0 Å². The summed E-state index contributed by atoms with van der Waals surface area (Å²) in [7, 11) is 5.19. The molecule has 0 N–H and O–H groups in total. The second-order valence-electron chi connectivity index (χ2n) is 6.64. The zero-order valence-electron chi connectivity index (χ0n) is 16.3. The summed E-state index contributed by atoms with van der Waals surface area (Å²) < 4.78 is 17.6. The predicted molar refractivity (Wildman–Crippen MR) is 96.1 cm³/mol. The van der Waals surface area contributed by atoms with Crippen LogP contribution < -0.4 is 0 Å². The maximum atomic E-state index is 5.52. The van der Waals surface area contributed by atoms with E-state index in [-0.39, 0.29) is 0 Å². The van der Waals surface area contributed by atoms with Crippen molar-refractivity contribution in [3.8, 4) is 0 Å². The van der Waals surface area contributed by atoms with Crippen LogP contribution in [0.15, 0.2) is 0 Å². The third kappa shape index (κ3) is 13.7. The Morgan fingerprint density at radius 1 is 0.478 bits per heavy atom. The Morgan fingerprint density at radius 3 is 1.09 bits per heavy atom. The fourth-order valence-corrected chi connectivity index (χ4v) is 7.51. The van der Waals surface area contributed by atoms with Gasteiger partial charge in [-0.25, -0.2) is 0 Å². The zero-order valence-corrected chi connectivity index (χ0v) is 18.8. The molecule has 0 aromatic heterocycles. The molecule has 23 heavy (non-hydrogen) atoms. The molecule has 0 saturated heterocycles. The van der Waals surface area contributed by atoms with Crippen LogP contribution >= 0.6 is 0 Å². The van der Waals surface area contributed by atoms with Crippen LogP contribution in [-0.4, -0.2) is 21.3 Å². The van der Waals surface area contributed by atoms with E-state index in [0.29, 0.717) is 0 Å². The molecule has 0 rings (SSSR count). The molecular formula is C19H42O3Zr. The monoisotopic (exact) mass is 408 g/mol. The van der Waals surface area contributed by atoms with Gasteiger partial charge in [0, 0.05) is 0 Å². The van der Waals surface area contributed by atoms with Crippen LogP contribution in [0.2, 0.25) is 4.13 Å². The Labute approximate surface area is 152 Å². The Hall–Kier alpha value is 0.763. The summed E-state index contributed by atoms with van der Waals surface area (Å²) in [6.07, 6.45) is 19.5. The van der Waals surface area contributed by atoms with E-state index in [4.69, 9.17) is 8.44 Å². The Morgan fingerprint density at radius 2 is 0.783 bits per heavy atom. The summed E-state index contributed by atoms with van der Waals surface area (Å²) in [4.78, 5) is 0. The average Bonchev–Trinajstić information content (AvgIpc) is 2.59. The molecule has 0 aromatic rings. The normalized spacial score (nSPS) is 12.0. The average molecular weight is 410 g/mol. The molecule has 4 heteroatoms. The van der Waals surface area contributed by atoms with Crippen LogP contribution in [0.5, 0.6) is 0 Å². The van der Waals surface area contributed by atoms with Gasteiger partial charge in [-0.2, -0.15) is 0 Å². The third-order valence-electron chi connectivity index (χ3n) is 4.77. The topological polar surface area (TPSA) is 27.7 Å². The van der Waals surface area contributed by atoms with Crippen LogP contribution in [0, 0.1) is 0 Å². The second-order valence-corrected chi connectivity index (χ2v) is 14.2. The summed E-state index contributed by atoms with van der Waals surface area (Å²) in [5, 5.41) is 0. The molecule has 0 bridgehead atoms. The first-order valence-electron chi connectivity index (χ1n) is 9.90. The van der Waals surface area contributed by atoms with Gasteiger partial charge in [0.25, 0.3) is 0 Å². The van der Waals surface area contributed by atoms with Crippen molar-refractivity contribution in [3.05, 3.63) is 0 Å². The van der Waals surface area contributed by atoms with Crippen LogP contribution in [0.3, 0.4) is 0 Å². The van der Waals surface area contributed by atoms with Gasteiger partial charge in [0.2, 0.25) is 0 Å². The van der Waals surface area contributed by atoms with Gasteiger partial charge in [-0.3, -0.25) is 0 Å². The molecule has 0 aliphatic carbocycles. The summed E-state index contributed by atoms with van der Waals surface area (Å²) in [6, 6.07) is 0. The number of hydrogen-bond donors (Lipinski definition) is 0. The molecule has 0 saturated carbocycles. The van der Waals surface area contributed by atoms with Crippen molar-refractivity contribution in [2.45, 2.75) is 101 Å². The van der Waals surface area contributed by atoms with E-state index in [1.807, 2.05) is 0 Å². The zero-order chi connectivity index (χ0) is 17.2. The van der Waals surface area contributed by atoms with E-state index in [9.17, 15) is 0 Å². The van der Waals surface area contributed by atoms with Crippen molar-refractivity contribution in [1.29, 1.82) is 0 Å². The molecule has 0 aliphatic heterocycles. The van der Waals surface area contributed by atoms with Crippen molar-refractivity contribution >= 4 is 0 Å². The molecule has 0 heterocycles. The molecular weight excluding hydrogens is 367 g/mol. The minimum atomic E-state index is -3.08. The molecule has 140 valence electrons. The van der Waals surface area contributed by atoms with Crippen molar-refractivity contribution in [1.82, 2.24) is 0 Å². The predicted octanol–water partition coefficient (Wildman–Crippen LogP) is 6.72. The number of hydrogen-bond acceptors (Lipinski definition) is 3. The van der Waals surface area contributed by atoms with Crippen LogP contribution in [-0.2, 0) is 30.0 Å². The van der Waals surface area contributed by atoms with Gasteiger partial charge in [0.1, 0.15) is 0 Å². The van der Waals surface area contributed by atoms with Gasteiger partial charge in [0.05, 0.1) is 0 Å². The minimum absolute atomic E-state index is 1.01. The van der Waals surface area contributed by atoms with E-state index < -0.39 is 21.6 Å². The first-order chi connectivity index (χ1) is 11.2. The fraction of sp³-hybridized carbons (Fsp3) is 1.00. The van der Waals surface area contributed by atoms with Crippen LogP contribution in [0.1, 0.15) is 96.8 Å². The quantitative estimate of drug-likeness (QED) is 0.235. The van der Waals surface area contributed by atoms with Gasteiger partial charge < -0.3 is 0 Å². The molecule has 0 amide bonds. The fourth-order valence-electron chi connectivity index (χ4n) is 3.09.